The van der Waals surface area contributed by atoms with Crippen LogP contribution in [0.4, 0.5) is 0 Å². The van der Waals surface area contributed by atoms with Gasteiger partial charge in [-0.05, 0) is 51.3 Å². The highest BCUT2D eigenvalue weighted by molar-refractivity contribution is 6.00. The Labute approximate surface area is 148 Å². The maximum absolute atomic E-state index is 13.0. The number of likely N-dealkylation sites (tertiary alicyclic amines) is 1. The molecular weight excluding hydrogens is 320 g/mol. The Morgan fingerprint density at radius 1 is 1.20 bits per heavy atom. The second kappa shape index (κ2) is 8.14. The van der Waals surface area contributed by atoms with E-state index in [0.29, 0.717) is 30.5 Å². The zero-order valence-corrected chi connectivity index (χ0v) is 15.0. The number of aliphatic carboxylic acids is 1. The first-order valence-corrected chi connectivity index (χ1v) is 8.80. The molecule has 1 saturated heterocycles. The van der Waals surface area contributed by atoms with Gasteiger partial charge in [0.25, 0.3) is 11.8 Å². The Hall–Kier alpha value is -2.37. The van der Waals surface area contributed by atoms with Crippen LogP contribution in [-0.4, -0.2) is 46.4 Å². The number of nitrogens with zero attached hydrogens (tertiary/aromatic N) is 1. The average Bonchev–Trinajstić information content (AvgIpc) is 2.59. The van der Waals surface area contributed by atoms with Crippen molar-refractivity contribution in [1.82, 2.24) is 10.2 Å². The third-order valence-corrected chi connectivity index (χ3v) is 4.85. The van der Waals surface area contributed by atoms with Gasteiger partial charge in [-0.3, -0.25) is 14.4 Å². The first kappa shape index (κ1) is 19.0. The highest BCUT2D eigenvalue weighted by atomic mass is 16.4. The van der Waals surface area contributed by atoms with Gasteiger partial charge in [-0.1, -0.05) is 13.0 Å². The van der Waals surface area contributed by atoms with Crippen molar-refractivity contribution < 1.29 is 19.5 Å². The van der Waals surface area contributed by atoms with E-state index in [1.54, 1.807) is 36.1 Å². The molecule has 136 valence electrons. The number of hydrogen-bond acceptors (Lipinski definition) is 3. The molecule has 6 heteroatoms. The van der Waals surface area contributed by atoms with Gasteiger partial charge in [0, 0.05) is 29.8 Å². The number of piperidine rings is 1. The highest BCUT2D eigenvalue weighted by Gasteiger charge is 2.39. The highest BCUT2D eigenvalue weighted by Crippen LogP contribution is 2.29. The second-order valence-electron chi connectivity index (χ2n) is 6.66. The monoisotopic (exact) mass is 346 g/mol. The van der Waals surface area contributed by atoms with Crippen LogP contribution in [0, 0.1) is 5.92 Å². The molecule has 1 aromatic carbocycles. The molecule has 1 aliphatic rings. The van der Waals surface area contributed by atoms with Crippen molar-refractivity contribution in [3.05, 3.63) is 35.4 Å². The Balaban J connectivity index is 2.24. The summed E-state index contributed by atoms with van der Waals surface area (Å²) in [6.07, 6.45) is 2.06. The molecule has 0 saturated carbocycles. The van der Waals surface area contributed by atoms with Crippen LogP contribution >= 0.6 is 0 Å². The molecule has 0 spiro atoms. The molecule has 1 heterocycles. The van der Waals surface area contributed by atoms with Crippen molar-refractivity contribution in [2.24, 2.45) is 5.92 Å². The van der Waals surface area contributed by atoms with Gasteiger partial charge in [-0.2, -0.15) is 0 Å². The lowest BCUT2D eigenvalue weighted by atomic mass is 9.86. The fourth-order valence-corrected chi connectivity index (χ4v) is 3.39. The molecule has 2 N–H and O–H groups in total. The summed E-state index contributed by atoms with van der Waals surface area (Å²) in [7, 11) is 0. The molecule has 0 unspecified atom stereocenters. The lowest BCUT2D eigenvalue weighted by Crippen LogP contribution is -2.53. The average molecular weight is 346 g/mol. The van der Waals surface area contributed by atoms with Crippen molar-refractivity contribution in [2.75, 3.05) is 6.54 Å². The molecule has 3 atom stereocenters. The quantitative estimate of drug-likeness (QED) is 0.858. The Morgan fingerprint density at radius 3 is 2.52 bits per heavy atom. The minimum absolute atomic E-state index is 0.0318. The van der Waals surface area contributed by atoms with Crippen LogP contribution in [0.1, 0.15) is 60.7 Å². The largest absolute Gasteiger partial charge is 0.481 e. The fourth-order valence-electron chi connectivity index (χ4n) is 3.39. The first-order chi connectivity index (χ1) is 11.9. The van der Waals surface area contributed by atoms with Crippen LogP contribution in [0.2, 0.25) is 0 Å². The predicted octanol–water partition coefficient (Wildman–Crippen LogP) is 2.54. The van der Waals surface area contributed by atoms with Gasteiger partial charge in [-0.25, -0.2) is 0 Å². The number of amides is 2. The molecule has 0 bridgehead atoms. The third-order valence-electron chi connectivity index (χ3n) is 4.85. The van der Waals surface area contributed by atoms with Crippen LogP contribution in [0.15, 0.2) is 24.3 Å². The van der Waals surface area contributed by atoms with E-state index in [0.717, 1.165) is 6.42 Å². The van der Waals surface area contributed by atoms with E-state index in [9.17, 15) is 19.5 Å². The van der Waals surface area contributed by atoms with Crippen molar-refractivity contribution in [2.45, 2.75) is 52.1 Å². The predicted molar refractivity (Wildman–Crippen MR) is 94.5 cm³/mol. The van der Waals surface area contributed by atoms with Crippen molar-refractivity contribution in [3.63, 3.8) is 0 Å². The van der Waals surface area contributed by atoms with E-state index in [-0.39, 0.29) is 23.9 Å². The standard InChI is InChI=1S/C19H26N2O4/c1-4-10-20-17(22)14-6-5-7-15(11-14)18(23)21-12(2)8-9-16(13(21)3)19(24)25/h5-7,11-13,16H,4,8-10H2,1-3H3,(H,20,22)(H,24,25)/t12-,13+,16+/m0/s1. The minimum Gasteiger partial charge on any atom is -0.481 e. The van der Waals surface area contributed by atoms with E-state index in [2.05, 4.69) is 5.32 Å². The van der Waals surface area contributed by atoms with E-state index in [1.165, 1.54) is 0 Å². The molecule has 1 aromatic rings. The van der Waals surface area contributed by atoms with Gasteiger partial charge < -0.3 is 15.3 Å². The summed E-state index contributed by atoms with van der Waals surface area (Å²) in [5.74, 6) is -1.86. The molecule has 6 nitrogen and oxygen atoms in total. The van der Waals surface area contributed by atoms with Crippen LogP contribution in [0.3, 0.4) is 0 Å². The number of carboxylic acids is 1. The van der Waals surface area contributed by atoms with Gasteiger partial charge in [0.2, 0.25) is 0 Å². The maximum atomic E-state index is 13.0. The van der Waals surface area contributed by atoms with Gasteiger partial charge in [0.15, 0.2) is 0 Å². The normalized spacial score (nSPS) is 23.2. The molecule has 1 fully saturated rings. The van der Waals surface area contributed by atoms with Crippen molar-refractivity contribution in [1.29, 1.82) is 0 Å². The summed E-state index contributed by atoms with van der Waals surface area (Å²) in [6.45, 7) is 6.27. The van der Waals surface area contributed by atoms with Crippen molar-refractivity contribution >= 4 is 17.8 Å². The SMILES string of the molecule is CCCNC(=O)c1cccc(C(=O)N2[C@H](C)[C@H](C(=O)O)CC[C@@H]2C)c1. The van der Waals surface area contributed by atoms with E-state index in [1.807, 2.05) is 13.8 Å². The molecule has 1 aliphatic heterocycles. The zero-order chi connectivity index (χ0) is 18.6. The van der Waals surface area contributed by atoms with Crippen LogP contribution in [0.25, 0.3) is 0 Å². The van der Waals surface area contributed by atoms with E-state index >= 15 is 0 Å². The molecule has 0 aliphatic carbocycles. The maximum Gasteiger partial charge on any atom is 0.308 e. The number of carbonyl (C=O) groups is 3. The van der Waals surface area contributed by atoms with E-state index < -0.39 is 11.9 Å². The first-order valence-electron chi connectivity index (χ1n) is 8.80. The summed E-state index contributed by atoms with van der Waals surface area (Å²) in [5, 5.41) is 12.2. The van der Waals surface area contributed by atoms with Gasteiger partial charge >= 0.3 is 5.97 Å². The Morgan fingerprint density at radius 2 is 1.88 bits per heavy atom. The van der Waals surface area contributed by atoms with Crippen LogP contribution in [0.5, 0.6) is 0 Å². The molecule has 25 heavy (non-hydrogen) atoms. The third kappa shape index (κ3) is 4.18. The van der Waals surface area contributed by atoms with E-state index in [4.69, 9.17) is 0 Å². The van der Waals surface area contributed by atoms with Gasteiger partial charge in [-0.15, -0.1) is 0 Å². The summed E-state index contributed by atoms with van der Waals surface area (Å²) in [6, 6.07) is 6.19. The lowest BCUT2D eigenvalue weighted by molar-refractivity contribution is -0.145. The Bertz CT molecular complexity index is 659. The molecule has 2 amide bonds. The fraction of sp³-hybridized carbons (Fsp3) is 0.526. The summed E-state index contributed by atoms with van der Waals surface area (Å²) < 4.78 is 0. The molecule has 2 rings (SSSR count). The number of hydrogen-bond donors (Lipinski definition) is 2. The zero-order valence-electron chi connectivity index (χ0n) is 15.0. The summed E-state index contributed by atoms with van der Waals surface area (Å²) in [5.41, 5.74) is 0.847. The van der Waals surface area contributed by atoms with Crippen molar-refractivity contribution in [3.8, 4) is 0 Å². The summed E-state index contributed by atoms with van der Waals surface area (Å²) in [4.78, 5) is 38.2. The number of carbonyl (C=O) groups excluding carboxylic acids is 2. The number of nitrogens with one attached hydrogen (secondary N) is 1. The Kier molecular flexibility index (Phi) is 6.17. The minimum atomic E-state index is -0.870. The molecule has 0 radical (unpaired) electrons. The number of rotatable bonds is 5. The van der Waals surface area contributed by atoms with Gasteiger partial charge in [0.1, 0.15) is 0 Å². The smallest absolute Gasteiger partial charge is 0.308 e. The van der Waals surface area contributed by atoms with Crippen LogP contribution in [-0.2, 0) is 4.79 Å². The lowest BCUT2D eigenvalue weighted by Gasteiger charge is -2.42. The van der Waals surface area contributed by atoms with Gasteiger partial charge in [0.05, 0.1) is 5.92 Å². The second-order valence-corrected chi connectivity index (χ2v) is 6.66. The topological polar surface area (TPSA) is 86.7 Å². The number of benzene rings is 1. The molecule has 0 aromatic heterocycles. The summed E-state index contributed by atoms with van der Waals surface area (Å²) >= 11 is 0. The molecular formula is C19H26N2O4. The van der Waals surface area contributed by atoms with Crippen LogP contribution < -0.4 is 5.32 Å². The number of carboxylic acid groups (broad SMARTS) is 1.